The number of nitrogens with zero attached hydrogens (tertiary/aromatic N) is 2. The SMILES string of the molecule is CC[C@H](C)N(Cc1ccccc1)Cc1ccc(N(C)C)cc1. The van der Waals surface area contributed by atoms with Gasteiger partial charge < -0.3 is 4.90 Å². The van der Waals surface area contributed by atoms with Crippen LogP contribution in [-0.4, -0.2) is 25.0 Å². The van der Waals surface area contributed by atoms with Gasteiger partial charge in [-0.3, -0.25) is 4.90 Å². The molecular weight excluding hydrogens is 268 g/mol. The van der Waals surface area contributed by atoms with Gasteiger partial charge in [0.25, 0.3) is 0 Å². The largest absolute Gasteiger partial charge is 0.378 e. The Labute approximate surface area is 135 Å². The highest BCUT2D eigenvalue weighted by molar-refractivity contribution is 5.46. The molecule has 0 spiro atoms. The molecule has 2 rings (SSSR count). The lowest BCUT2D eigenvalue weighted by Crippen LogP contribution is -2.31. The van der Waals surface area contributed by atoms with E-state index < -0.39 is 0 Å². The van der Waals surface area contributed by atoms with Crippen molar-refractivity contribution in [2.45, 2.75) is 39.4 Å². The van der Waals surface area contributed by atoms with Crippen molar-refractivity contribution in [1.29, 1.82) is 0 Å². The van der Waals surface area contributed by atoms with E-state index in [-0.39, 0.29) is 0 Å². The molecule has 22 heavy (non-hydrogen) atoms. The summed E-state index contributed by atoms with van der Waals surface area (Å²) in [5.74, 6) is 0. The minimum Gasteiger partial charge on any atom is -0.378 e. The summed E-state index contributed by atoms with van der Waals surface area (Å²) in [6, 6.07) is 20.2. The third kappa shape index (κ3) is 4.60. The molecule has 0 saturated heterocycles. The monoisotopic (exact) mass is 296 g/mol. The average Bonchev–Trinajstić information content (AvgIpc) is 2.55. The van der Waals surface area contributed by atoms with Crippen molar-refractivity contribution < 1.29 is 0 Å². The number of hydrogen-bond acceptors (Lipinski definition) is 2. The molecule has 0 aromatic heterocycles. The first-order valence-corrected chi connectivity index (χ1v) is 8.14. The van der Waals surface area contributed by atoms with Gasteiger partial charge in [0.1, 0.15) is 0 Å². The van der Waals surface area contributed by atoms with Crippen LogP contribution in [0.2, 0.25) is 0 Å². The zero-order valence-electron chi connectivity index (χ0n) is 14.3. The van der Waals surface area contributed by atoms with Crippen LogP contribution in [-0.2, 0) is 13.1 Å². The lowest BCUT2D eigenvalue weighted by atomic mass is 10.1. The number of hydrogen-bond donors (Lipinski definition) is 0. The smallest absolute Gasteiger partial charge is 0.0361 e. The van der Waals surface area contributed by atoms with Gasteiger partial charge in [-0.2, -0.15) is 0 Å². The lowest BCUT2D eigenvalue weighted by Gasteiger charge is -2.29. The predicted molar refractivity (Wildman–Crippen MR) is 96.2 cm³/mol. The molecule has 0 aliphatic heterocycles. The van der Waals surface area contributed by atoms with Gasteiger partial charge in [0.15, 0.2) is 0 Å². The highest BCUT2D eigenvalue weighted by Gasteiger charge is 2.13. The highest BCUT2D eigenvalue weighted by Crippen LogP contribution is 2.17. The van der Waals surface area contributed by atoms with Crippen molar-refractivity contribution >= 4 is 5.69 Å². The zero-order chi connectivity index (χ0) is 15.9. The normalized spacial score (nSPS) is 12.4. The molecule has 0 unspecified atom stereocenters. The van der Waals surface area contributed by atoms with E-state index in [1.807, 2.05) is 0 Å². The Morgan fingerprint density at radius 2 is 1.36 bits per heavy atom. The molecular formula is C20H28N2. The summed E-state index contributed by atoms with van der Waals surface area (Å²) in [7, 11) is 4.16. The minimum atomic E-state index is 0.578. The number of benzene rings is 2. The maximum Gasteiger partial charge on any atom is 0.0361 e. The van der Waals surface area contributed by atoms with Gasteiger partial charge >= 0.3 is 0 Å². The first-order chi connectivity index (χ1) is 10.6. The fraction of sp³-hybridized carbons (Fsp3) is 0.400. The quantitative estimate of drug-likeness (QED) is 0.739. The van der Waals surface area contributed by atoms with Gasteiger partial charge in [0.05, 0.1) is 0 Å². The van der Waals surface area contributed by atoms with Crippen LogP contribution in [0.4, 0.5) is 5.69 Å². The van der Waals surface area contributed by atoms with Crippen LogP contribution in [0.1, 0.15) is 31.4 Å². The summed E-state index contributed by atoms with van der Waals surface area (Å²) in [5, 5.41) is 0. The van der Waals surface area contributed by atoms with Gasteiger partial charge in [-0.15, -0.1) is 0 Å². The van der Waals surface area contributed by atoms with E-state index in [1.165, 1.54) is 23.2 Å². The molecule has 0 aliphatic rings. The first kappa shape index (κ1) is 16.6. The fourth-order valence-electron chi connectivity index (χ4n) is 2.58. The maximum absolute atomic E-state index is 2.56. The Morgan fingerprint density at radius 3 is 1.86 bits per heavy atom. The number of rotatable bonds is 7. The molecule has 1 atom stereocenters. The second-order valence-corrected chi connectivity index (χ2v) is 6.21. The van der Waals surface area contributed by atoms with Gasteiger partial charge in [-0.05, 0) is 36.6 Å². The summed E-state index contributed by atoms with van der Waals surface area (Å²) in [5.41, 5.74) is 4.01. The Morgan fingerprint density at radius 1 is 0.818 bits per heavy atom. The second kappa shape index (κ2) is 8.00. The van der Waals surface area contributed by atoms with Crippen LogP contribution in [0, 0.1) is 0 Å². The van der Waals surface area contributed by atoms with Crippen molar-refractivity contribution in [3.05, 3.63) is 65.7 Å². The standard InChI is InChI=1S/C20H28N2/c1-5-17(2)22(15-18-9-7-6-8-10-18)16-19-11-13-20(14-12-19)21(3)4/h6-14,17H,5,15-16H2,1-4H3/t17-/m0/s1. The van der Waals surface area contributed by atoms with E-state index in [4.69, 9.17) is 0 Å². The highest BCUT2D eigenvalue weighted by atomic mass is 15.1. The summed E-state index contributed by atoms with van der Waals surface area (Å²) in [6.45, 7) is 6.58. The fourth-order valence-corrected chi connectivity index (χ4v) is 2.58. The predicted octanol–water partition coefficient (Wildman–Crippen LogP) is 4.55. The molecule has 0 radical (unpaired) electrons. The average molecular weight is 296 g/mol. The van der Waals surface area contributed by atoms with E-state index in [0.29, 0.717) is 6.04 Å². The van der Waals surface area contributed by atoms with Crippen molar-refractivity contribution in [2.24, 2.45) is 0 Å². The molecule has 2 heteroatoms. The van der Waals surface area contributed by atoms with Gasteiger partial charge in [-0.25, -0.2) is 0 Å². The third-order valence-corrected chi connectivity index (χ3v) is 4.28. The van der Waals surface area contributed by atoms with E-state index in [2.05, 4.69) is 92.3 Å². The van der Waals surface area contributed by atoms with Crippen LogP contribution in [0.25, 0.3) is 0 Å². The molecule has 0 heterocycles. The molecule has 0 saturated carbocycles. The lowest BCUT2D eigenvalue weighted by molar-refractivity contribution is 0.186. The zero-order valence-corrected chi connectivity index (χ0v) is 14.3. The molecule has 2 aromatic rings. The minimum absolute atomic E-state index is 0.578. The van der Waals surface area contributed by atoms with Crippen molar-refractivity contribution in [3.63, 3.8) is 0 Å². The van der Waals surface area contributed by atoms with Crippen LogP contribution < -0.4 is 4.90 Å². The molecule has 0 fully saturated rings. The molecule has 0 bridgehead atoms. The van der Waals surface area contributed by atoms with E-state index in [9.17, 15) is 0 Å². The Kier molecular flexibility index (Phi) is 6.02. The van der Waals surface area contributed by atoms with Gasteiger partial charge in [0.2, 0.25) is 0 Å². The molecule has 2 nitrogen and oxygen atoms in total. The Balaban J connectivity index is 2.09. The topological polar surface area (TPSA) is 6.48 Å². The van der Waals surface area contributed by atoms with Crippen molar-refractivity contribution in [1.82, 2.24) is 4.90 Å². The van der Waals surface area contributed by atoms with E-state index in [1.54, 1.807) is 0 Å². The van der Waals surface area contributed by atoms with Crippen molar-refractivity contribution in [2.75, 3.05) is 19.0 Å². The summed E-state index contributed by atoms with van der Waals surface area (Å²) in [6.07, 6.45) is 1.17. The maximum atomic E-state index is 2.56. The van der Waals surface area contributed by atoms with Crippen LogP contribution in [0.15, 0.2) is 54.6 Å². The van der Waals surface area contributed by atoms with Gasteiger partial charge in [-0.1, -0.05) is 49.4 Å². The van der Waals surface area contributed by atoms with Crippen LogP contribution in [0.3, 0.4) is 0 Å². The summed E-state index contributed by atoms with van der Waals surface area (Å²) >= 11 is 0. The second-order valence-electron chi connectivity index (χ2n) is 6.21. The number of anilines is 1. The van der Waals surface area contributed by atoms with Crippen LogP contribution >= 0.6 is 0 Å². The van der Waals surface area contributed by atoms with E-state index in [0.717, 1.165) is 13.1 Å². The Bertz CT molecular complexity index is 546. The molecule has 0 amide bonds. The molecule has 2 aromatic carbocycles. The van der Waals surface area contributed by atoms with E-state index >= 15 is 0 Å². The third-order valence-electron chi connectivity index (χ3n) is 4.28. The van der Waals surface area contributed by atoms with Gasteiger partial charge in [0, 0.05) is 38.9 Å². The van der Waals surface area contributed by atoms with Crippen LogP contribution in [0.5, 0.6) is 0 Å². The Hall–Kier alpha value is -1.80. The molecule has 0 N–H and O–H groups in total. The molecule has 118 valence electrons. The van der Waals surface area contributed by atoms with Crippen molar-refractivity contribution in [3.8, 4) is 0 Å². The summed E-state index contributed by atoms with van der Waals surface area (Å²) < 4.78 is 0. The molecule has 0 aliphatic carbocycles. The first-order valence-electron chi connectivity index (χ1n) is 8.14. The summed E-state index contributed by atoms with van der Waals surface area (Å²) in [4.78, 5) is 4.69.